The van der Waals surface area contributed by atoms with Crippen molar-refractivity contribution in [2.45, 2.75) is 18.4 Å². The fraction of sp³-hybridized carbons (Fsp3) is 0.364. The molecule has 0 radical (unpaired) electrons. The number of rotatable bonds is 6. The number of thiazole rings is 1. The predicted octanol–water partition coefficient (Wildman–Crippen LogP) is 3.14. The molecule has 1 aliphatic heterocycles. The van der Waals surface area contributed by atoms with Gasteiger partial charge in [-0.2, -0.15) is 21.1 Å². The number of thioether (sulfide) groups is 1. The highest BCUT2D eigenvalue weighted by Gasteiger charge is 2.26. The van der Waals surface area contributed by atoms with Gasteiger partial charge in [0.25, 0.3) is 5.91 Å². The number of hydrogen-bond acceptors (Lipinski definition) is 6. The Morgan fingerprint density at radius 2 is 1.88 bits per heavy atom. The molecule has 1 saturated heterocycles. The minimum atomic E-state index is -3.59. The second-order valence-corrected chi connectivity index (χ2v) is 11.4. The van der Waals surface area contributed by atoms with E-state index >= 15 is 0 Å². The van der Waals surface area contributed by atoms with E-state index < -0.39 is 10.0 Å². The molecular formula is C22H25N3O4S3. The highest BCUT2D eigenvalue weighted by atomic mass is 32.2. The lowest BCUT2D eigenvalue weighted by molar-refractivity contribution is 0.0730. The number of carbonyl (C=O) groups excluding carboxylic acids is 1. The van der Waals surface area contributed by atoms with Gasteiger partial charge in [-0.1, -0.05) is 17.4 Å². The van der Waals surface area contributed by atoms with Crippen LogP contribution in [0.4, 0.5) is 0 Å². The van der Waals surface area contributed by atoms with Crippen LogP contribution >= 0.6 is 23.1 Å². The summed E-state index contributed by atoms with van der Waals surface area (Å²) in [4.78, 5) is 18.1. The van der Waals surface area contributed by atoms with Crippen molar-refractivity contribution in [3.05, 3.63) is 58.4 Å². The molecule has 7 nitrogen and oxygen atoms in total. The highest BCUT2D eigenvalue weighted by molar-refractivity contribution is 7.98. The van der Waals surface area contributed by atoms with E-state index in [1.807, 2.05) is 13.2 Å². The van der Waals surface area contributed by atoms with E-state index in [2.05, 4.69) is 27.8 Å². The third-order valence-corrected chi connectivity index (χ3v) is 8.81. The van der Waals surface area contributed by atoms with Crippen LogP contribution in [0.1, 0.15) is 15.9 Å². The number of fused-ring (bicyclic) bond motifs is 1. The second kappa shape index (κ2) is 9.88. The number of ether oxygens (including phenoxy) is 1. The Hall–Kier alpha value is -1.98. The zero-order chi connectivity index (χ0) is 22.7. The summed E-state index contributed by atoms with van der Waals surface area (Å²) in [5.41, 5.74) is 2.58. The maximum Gasteiger partial charge on any atom is 0.279 e. The molecule has 0 spiro atoms. The summed E-state index contributed by atoms with van der Waals surface area (Å²) in [5, 5.41) is 0. The number of benzene rings is 2. The molecule has 0 bridgehead atoms. The summed E-state index contributed by atoms with van der Waals surface area (Å²) in [6.45, 7) is 4.24. The molecule has 170 valence electrons. The number of aromatic nitrogens is 1. The quantitative estimate of drug-likeness (QED) is 0.529. The molecule has 1 aromatic heterocycles. The topological polar surface area (TPSA) is 81.0 Å². The van der Waals surface area contributed by atoms with Crippen LogP contribution in [0, 0.1) is 6.92 Å². The van der Waals surface area contributed by atoms with Gasteiger partial charge in [-0.25, -0.2) is 8.42 Å². The van der Waals surface area contributed by atoms with E-state index in [4.69, 9.17) is 4.74 Å². The van der Waals surface area contributed by atoms with Gasteiger partial charge < -0.3 is 9.30 Å². The van der Waals surface area contributed by atoms with Gasteiger partial charge in [0.15, 0.2) is 4.80 Å². The van der Waals surface area contributed by atoms with Crippen LogP contribution in [0.25, 0.3) is 10.2 Å². The minimum Gasteiger partial charge on any atom is -0.379 e. The van der Waals surface area contributed by atoms with Gasteiger partial charge in [-0.05, 0) is 55.1 Å². The molecule has 0 N–H and O–H groups in total. The molecule has 0 aliphatic carbocycles. The van der Waals surface area contributed by atoms with Crippen molar-refractivity contribution in [2.24, 2.45) is 4.99 Å². The number of sulfonamides is 1. The van der Waals surface area contributed by atoms with Gasteiger partial charge in [0.1, 0.15) is 0 Å². The van der Waals surface area contributed by atoms with Gasteiger partial charge in [0, 0.05) is 31.0 Å². The van der Waals surface area contributed by atoms with Crippen LogP contribution in [-0.2, 0) is 21.3 Å². The zero-order valence-corrected chi connectivity index (χ0v) is 20.4. The first-order chi connectivity index (χ1) is 15.4. The monoisotopic (exact) mass is 491 g/mol. The van der Waals surface area contributed by atoms with Crippen LogP contribution < -0.4 is 4.80 Å². The molecule has 2 aromatic carbocycles. The Labute approximate surface area is 195 Å². The van der Waals surface area contributed by atoms with Crippen molar-refractivity contribution in [3.8, 4) is 0 Å². The highest BCUT2D eigenvalue weighted by Crippen LogP contribution is 2.20. The average molecular weight is 492 g/mol. The smallest absolute Gasteiger partial charge is 0.279 e. The van der Waals surface area contributed by atoms with Crippen molar-refractivity contribution in [1.82, 2.24) is 8.87 Å². The Kier molecular flexibility index (Phi) is 7.16. The maximum absolute atomic E-state index is 12.9. The maximum atomic E-state index is 12.9. The molecule has 0 saturated carbocycles. The van der Waals surface area contributed by atoms with E-state index in [1.54, 1.807) is 11.8 Å². The normalized spacial score (nSPS) is 16.0. The van der Waals surface area contributed by atoms with Crippen LogP contribution in [0.5, 0.6) is 0 Å². The van der Waals surface area contributed by atoms with Gasteiger partial charge in [0.2, 0.25) is 10.0 Å². The third-order valence-electron chi connectivity index (χ3n) is 5.26. The second-order valence-electron chi connectivity index (χ2n) is 7.46. The summed E-state index contributed by atoms with van der Waals surface area (Å²) in [6.07, 6.45) is 2.05. The average Bonchev–Trinajstić information content (AvgIpc) is 3.14. The van der Waals surface area contributed by atoms with Crippen LogP contribution in [0.2, 0.25) is 0 Å². The number of hydrogen-bond donors (Lipinski definition) is 0. The molecule has 32 heavy (non-hydrogen) atoms. The molecule has 0 unspecified atom stereocenters. The van der Waals surface area contributed by atoms with Crippen molar-refractivity contribution in [2.75, 3.05) is 38.3 Å². The SMILES string of the molecule is CSCCn1c(=NC(=O)c2ccc(S(=O)(=O)N3CCOCC3)cc2)sc2cc(C)ccc21. The van der Waals surface area contributed by atoms with Gasteiger partial charge in [-0.3, -0.25) is 4.79 Å². The van der Waals surface area contributed by atoms with Crippen molar-refractivity contribution < 1.29 is 17.9 Å². The van der Waals surface area contributed by atoms with Crippen molar-refractivity contribution in [1.29, 1.82) is 0 Å². The number of aryl methyl sites for hydroxylation is 2. The third kappa shape index (κ3) is 4.84. The largest absolute Gasteiger partial charge is 0.379 e. The first kappa shape index (κ1) is 23.2. The summed E-state index contributed by atoms with van der Waals surface area (Å²) in [7, 11) is -3.59. The molecule has 10 heteroatoms. The van der Waals surface area contributed by atoms with Crippen LogP contribution in [0.15, 0.2) is 52.4 Å². The van der Waals surface area contributed by atoms with Crippen molar-refractivity contribution >= 4 is 49.2 Å². The summed E-state index contributed by atoms with van der Waals surface area (Å²) < 4.78 is 35.4. The van der Waals surface area contributed by atoms with Crippen molar-refractivity contribution in [3.63, 3.8) is 0 Å². The molecular weight excluding hydrogens is 466 g/mol. The Morgan fingerprint density at radius 3 is 2.56 bits per heavy atom. The van der Waals surface area contributed by atoms with E-state index in [0.29, 0.717) is 36.7 Å². The summed E-state index contributed by atoms with van der Waals surface area (Å²) in [6, 6.07) is 12.2. The number of amides is 1. The summed E-state index contributed by atoms with van der Waals surface area (Å²) in [5.74, 6) is 0.524. The first-order valence-corrected chi connectivity index (χ1v) is 13.9. The van der Waals surface area contributed by atoms with Gasteiger partial charge in [0.05, 0.1) is 28.3 Å². The molecule has 0 atom stereocenters. The molecule has 1 amide bonds. The number of morpholine rings is 1. The van der Waals surface area contributed by atoms with Crippen LogP contribution in [-0.4, -0.2) is 61.5 Å². The lowest BCUT2D eigenvalue weighted by atomic mass is 10.2. The fourth-order valence-electron chi connectivity index (χ4n) is 3.52. The Morgan fingerprint density at radius 1 is 1.16 bits per heavy atom. The van der Waals surface area contributed by atoms with E-state index in [-0.39, 0.29) is 10.8 Å². The predicted molar refractivity (Wildman–Crippen MR) is 129 cm³/mol. The molecule has 3 aromatic rings. The molecule has 1 fully saturated rings. The van der Waals surface area contributed by atoms with Gasteiger partial charge >= 0.3 is 0 Å². The minimum absolute atomic E-state index is 0.170. The number of carbonyl (C=O) groups is 1. The lowest BCUT2D eigenvalue weighted by Gasteiger charge is -2.26. The zero-order valence-electron chi connectivity index (χ0n) is 18.0. The number of nitrogens with zero attached hydrogens (tertiary/aromatic N) is 3. The van der Waals surface area contributed by atoms with Gasteiger partial charge in [-0.15, -0.1) is 0 Å². The van der Waals surface area contributed by atoms with E-state index in [1.165, 1.54) is 39.9 Å². The van der Waals surface area contributed by atoms with E-state index in [0.717, 1.165) is 28.1 Å². The molecule has 4 rings (SSSR count). The Balaban J connectivity index is 1.64. The summed E-state index contributed by atoms with van der Waals surface area (Å²) >= 11 is 3.23. The lowest BCUT2D eigenvalue weighted by Crippen LogP contribution is -2.40. The first-order valence-electron chi connectivity index (χ1n) is 10.3. The molecule has 1 aliphatic rings. The van der Waals surface area contributed by atoms with E-state index in [9.17, 15) is 13.2 Å². The standard InChI is InChI=1S/C22H25N3O4S3/c1-16-3-8-19-20(15-16)31-22(25(19)11-14-30-2)23-21(26)17-4-6-18(7-5-17)32(27,28)24-9-12-29-13-10-24/h3-8,15H,9-14H2,1-2H3. The Bertz CT molecular complexity index is 1290. The fourth-order valence-corrected chi connectivity index (χ4v) is 6.45. The molecule has 2 heterocycles. The van der Waals surface area contributed by atoms with Crippen LogP contribution in [0.3, 0.4) is 0 Å².